The quantitative estimate of drug-likeness (QED) is 0.811. The van der Waals surface area contributed by atoms with Crippen molar-refractivity contribution >= 4 is 27.6 Å². The molecule has 0 aliphatic heterocycles. The van der Waals surface area contributed by atoms with Crippen LogP contribution in [0.5, 0.6) is 0 Å². The van der Waals surface area contributed by atoms with Crippen LogP contribution in [0, 0.1) is 0 Å². The van der Waals surface area contributed by atoms with Gasteiger partial charge in [-0.05, 0) is 18.7 Å². The minimum absolute atomic E-state index is 0.0654. The Morgan fingerprint density at radius 3 is 2.82 bits per heavy atom. The molecule has 0 aromatic carbocycles. The smallest absolute Gasteiger partial charge is 0.241 e. The Balaban J connectivity index is 2.88. The van der Waals surface area contributed by atoms with Crippen LogP contribution in [0.3, 0.4) is 0 Å². The predicted octanol–water partition coefficient (Wildman–Crippen LogP) is 1.08. The molecule has 96 valence electrons. The second kappa shape index (κ2) is 6.23. The molecule has 0 radical (unpaired) electrons. The predicted molar refractivity (Wildman–Crippen MR) is 71.4 cm³/mol. The summed E-state index contributed by atoms with van der Waals surface area (Å²) >= 11 is 1.61. The maximum atomic E-state index is 12.0. The van der Waals surface area contributed by atoms with Gasteiger partial charge < -0.3 is 5.73 Å². The lowest BCUT2D eigenvalue weighted by molar-refractivity contribution is 0.558. The third kappa shape index (κ3) is 4.18. The maximum absolute atomic E-state index is 12.0. The van der Waals surface area contributed by atoms with Crippen LogP contribution < -0.4 is 10.5 Å². The third-order valence-corrected chi connectivity index (χ3v) is 4.50. The van der Waals surface area contributed by atoms with Crippen LogP contribution in [0.15, 0.2) is 23.2 Å². The minimum Gasteiger partial charge on any atom is -0.384 e. The number of nitrogen functional groups attached to an aromatic ring is 1. The summed E-state index contributed by atoms with van der Waals surface area (Å²) in [6, 6.07) is 2.72. The number of aromatic nitrogens is 1. The molecule has 5 nitrogen and oxygen atoms in total. The Kier molecular flexibility index (Phi) is 5.23. The average molecular weight is 275 g/mol. The molecule has 17 heavy (non-hydrogen) atoms. The van der Waals surface area contributed by atoms with Crippen molar-refractivity contribution in [1.82, 2.24) is 9.71 Å². The van der Waals surface area contributed by atoms with E-state index in [4.69, 9.17) is 5.73 Å². The SMILES string of the molecule is CCC(CSC)NS(=O)(=O)c1ccnc(N)c1. The Labute approximate surface area is 106 Å². The zero-order chi connectivity index (χ0) is 12.9. The van der Waals surface area contributed by atoms with Crippen LogP contribution in [0.1, 0.15) is 13.3 Å². The van der Waals surface area contributed by atoms with Gasteiger partial charge in [0.2, 0.25) is 10.0 Å². The molecule has 0 amide bonds. The fraction of sp³-hybridized carbons (Fsp3) is 0.500. The number of nitrogens with two attached hydrogens (primary N) is 1. The lowest BCUT2D eigenvalue weighted by Crippen LogP contribution is -2.36. The van der Waals surface area contributed by atoms with Gasteiger partial charge in [-0.2, -0.15) is 11.8 Å². The van der Waals surface area contributed by atoms with Crippen molar-refractivity contribution in [2.24, 2.45) is 0 Å². The zero-order valence-corrected chi connectivity index (χ0v) is 11.5. The van der Waals surface area contributed by atoms with Crippen molar-refractivity contribution in [3.8, 4) is 0 Å². The van der Waals surface area contributed by atoms with E-state index in [1.165, 1.54) is 18.3 Å². The first-order valence-electron chi connectivity index (χ1n) is 5.22. The molecule has 0 fully saturated rings. The number of pyridine rings is 1. The highest BCUT2D eigenvalue weighted by atomic mass is 32.2. The van der Waals surface area contributed by atoms with E-state index >= 15 is 0 Å². The van der Waals surface area contributed by atoms with Crippen LogP contribution in [-0.4, -0.2) is 31.5 Å². The highest BCUT2D eigenvalue weighted by molar-refractivity contribution is 7.98. The fourth-order valence-electron chi connectivity index (χ4n) is 1.32. The van der Waals surface area contributed by atoms with Gasteiger partial charge >= 0.3 is 0 Å². The number of nitrogens with one attached hydrogen (secondary N) is 1. The van der Waals surface area contributed by atoms with Crippen LogP contribution in [0.2, 0.25) is 0 Å². The largest absolute Gasteiger partial charge is 0.384 e. The Hall–Kier alpha value is -0.790. The van der Waals surface area contributed by atoms with Gasteiger partial charge in [-0.1, -0.05) is 6.92 Å². The van der Waals surface area contributed by atoms with Gasteiger partial charge in [-0.3, -0.25) is 0 Å². The Morgan fingerprint density at radius 1 is 1.59 bits per heavy atom. The molecule has 0 bridgehead atoms. The summed E-state index contributed by atoms with van der Waals surface area (Å²) in [6.45, 7) is 1.95. The fourth-order valence-corrected chi connectivity index (χ4v) is 3.49. The van der Waals surface area contributed by atoms with E-state index in [-0.39, 0.29) is 16.8 Å². The molecule has 1 atom stereocenters. The van der Waals surface area contributed by atoms with E-state index in [0.717, 1.165) is 12.2 Å². The molecule has 1 rings (SSSR count). The molecule has 0 saturated carbocycles. The van der Waals surface area contributed by atoms with Crippen LogP contribution in [0.4, 0.5) is 5.82 Å². The first-order valence-corrected chi connectivity index (χ1v) is 8.10. The number of rotatable bonds is 6. The van der Waals surface area contributed by atoms with Gasteiger partial charge in [0.25, 0.3) is 0 Å². The molecule has 0 spiro atoms. The van der Waals surface area contributed by atoms with E-state index in [0.29, 0.717) is 0 Å². The van der Waals surface area contributed by atoms with Gasteiger partial charge in [-0.15, -0.1) is 0 Å². The standard InChI is InChI=1S/C10H17N3O2S2/c1-3-8(7-16-2)13-17(14,15)9-4-5-12-10(11)6-9/h4-6,8,13H,3,7H2,1-2H3,(H2,11,12). The van der Waals surface area contributed by atoms with E-state index in [1.54, 1.807) is 11.8 Å². The second-order valence-corrected chi connectivity index (χ2v) is 6.22. The normalized spacial score (nSPS) is 13.5. The molecule has 1 aromatic rings. The number of anilines is 1. The topological polar surface area (TPSA) is 85.1 Å². The second-order valence-electron chi connectivity index (χ2n) is 3.60. The van der Waals surface area contributed by atoms with Crippen molar-refractivity contribution in [2.75, 3.05) is 17.7 Å². The van der Waals surface area contributed by atoms with Gasteiger partial charge in [0, 0.05) is 24.1 Å². The molecule has 0 aliphatic carbocycles. The highest BCUT2D eigenvalue weighted by Gasteiger charge is 2.18. The van der Waals surface area contributed by atoms with Crippen LogP contribution in [0.25, 0.3) is 0 Å². The Morgan fingerprint density at radius 2 is 2.29 bits per heavy atom. The van der Waals surface area contributed by atoms with Crippen molar-refractivity contribution in [2.45, 2.75) is 24.3 Å². The lowest BCUT2D eigenvalue weighted by atomic mass is 10.3. The molecule has 0 aliphatic rings. The number of hydrogen-bond donors (Lipinski definition) is 2. The van der Waals surface area contributed by atoms with Crippen LogP contribution in [-0.2, 0) is 10.0 Å². The Bertz CT molecular complexity index is 462. The molecule has 1 unspecified atom stereocenters. The number of nitrogens with zero attached hydrogens (tertiary/aromatic N) is 1. The van der Waals surface area contributed by atoms with Gasteiger partial charge in [0.15, 0.2) is 0 Å². The van der Waals surface area contributed by atoms with Crippen LogP contribution >= 0.6 is 11.8 Å². The first kappa shape index (κ1) is 14.3. The van der Waals surface area contributed by atoms with Gasteiger partial charge in [0.05, 0.1) is 4.90 Å². The summed E-state index contributed by atoms with van der Waals surface area (Å²) in [7, 11) is -3.50. The minimum atomic E-state index is -3.50. The van der Waals surface area contributed by atoms with E-state index in [1.807, 2.05) is 13.2 Å². The van der Waals surface area contributed by atoms with Crippen molar-refractivity contribution < 1.29 is 8.42 Å². The van der Waals surface area contributed by atoms with Crippen molar-refractivity contribution in [3.63, 3.8) is 0 Å². The molecular formula is C10H17N3O2S2. The summed E-state index contributed by atoms with van der Waals surface area (Å²) < 4.78 is 26.7. The molecule has 1 heterocycles. The summed E-state index contributed by atoms with van der Waals surface area (Å²) in [5, 5.41) is 0. The summed E-state index contributed by atoms with van der Waals surface area (Å²) in [4.78, 5) is 3.93. The lowest BCUT2D eigenvalue weighted by Gasteiger charge is -2.15. The number of thioether (sulfide) groups is 1. The monoisotopic (exact) mass is 275 g/mol. The summed E-state index contributed by atoms with van der Waals surface area (Å²) in [5.41, 5.74) is 5.47. The first-order chi connectivity index (χ1) is 7.99. The third-order valence-electron chi connectivity index (χ3n) is 2.25. The van der Waals surface area contributed by atoms with Gasteiger partial charge in [-0.25, -0.2) is 18.1 Å². The zero-order valence-electron chi connectivity index (χ0n) is 9.88. The molecule has 3 N–H and O–H groups in total. The molecule has 7 heteroatoms. The number of hydrogen-bond acceptors (Lipinski definition) is 5. The molecule has 0 saturated heterocycles. The van der Waals surface area contributed by atoms with Gasteiger partial charge in [0.1, 0.15) is 5.82 Å². The highest BCUT2D eigenvalue weighted by Crippen LogP contribution is 2.12. The summed E-state index contributed by atoms with van der Waals surface area (Å²) in [6.07, 6.45) is 4.08. The van der Waals surface area contributed by atoms with Crippen molar-refractivity contribution in [3.05, 3.63) is 18.3 Å². The summed E-state index contributed by atoms with van der Waals surface area (Å²) in [5.74, 6) is 0.946. The number of sulfonamides is 1. The molecular weight excluding hydrogens is 258 g/mol. The van der Waals surface area contributed by atoms with E-state index in [9.17, 15) is 8.42 Å². The van der Waals surface area contributed by atoms with Crippen molar-refractivity contribution in [1.29, 1.82) is 0 Å². The average Bonchev–Trinajstić information content (AvgIpc) is 2.28. The maximum Gasteiger partial charge on any atom is 0.241 e. The van der Waals surface area contributed by atoms with E-state index < -0.39 is 10.0 Å². The molecule has 1 aromatic heterocycles. The van der Waals surface area contributed by atoms with E-state index in [2.05, 4.69) is 9.71 Å².